The normalized spacial score (nSPS) is 11.1. The van der Waals surface area contributed by atoms with Gasteiger partial charge in [-0.15, -0.1) is 0 Å². The highest BCUT2D eigenvalue weighted by atomic mass is 32.2. The lowest BCUT2D eigenvalue weighted by atomic mass is 10.1. The Morgan fingerprint density at radius 2 is 1.61 bits per heavy atom. The number of hydrogen-bond acceptors (Lipinski definition) is 4. The fourth-order valence-electron chi connectivity index (χ4n) is 2.90. The van der Waals surface area contributed by atoms with E-state index in [0.29, 0.717) is 5.69 Å². The quantitative estimate of drug-likeness (QED) is 0.590. The first-order valence-electron chi connectivity index (χ1n) is 9.03. The second-order valence-corrected chi connectivity index (χ2v) is 8.17. The fraction of sp³-hybridized carbons (Fsp3) is 0.182. The molecule has 146 valence electrons. The highest BCUT2D eigenvalue weighted by Crippen LogP contribution is 2.20. The van der Waals surface area contributed by atoms with E-state index < -0.39 is 10.0 Å². The second kappa shape index (κ2) is 8.80. The van der Waals surface area contributed by atoms with Crippen molar-refractivity contribution in [3.63, 3.8) is 0 Å². The molecule has 5 nitrogen and oxygen atoms in total. The van der Waals surface area contributed by atoms with Gasteiger partial charge in [0, 0.05) is 17.9 Å². The highest BCUT2D eigenvalue weighted by molar-refractivity contribution is 7.92. The Hall–Kier alpha value is -2.99. The molecule has 0 saturated carbocycles. The lowest BCUT2D eigenvalue weighted by Crippen LogP contribution is -2.13. The third-order valence-electron chi connectivity index (χ3n) is 4.35. The van der Waals surface area contributed by atoms with Gasteiger partial charge in [0.15, 0.2) is 0 Å². The molecule has 2 N–H and O–H groups in total. The summed E-state index contributed by atoms with van der Waals surface area (Å²) in [5.74, 6) is 0.880. The van der Waals surface area contributed by atoms with Gasteiger partial charge in [-0.2, -0.15) is 0 Å². The van der Waals surface area contributed by atoms with Crippen molar-refractivity contribution >= 4 is 21.4 Å². The second-order valence-electron chi connectivity index (χ2n) is 6.49. The van der Waals surface area contributed by atoms with Gasteiger partial charge in [0.25, 0.3) is 10.0 Å². The average Bonchev–Trinajstić information content (AvgIpc) is 2.69. The Kier molecular flexibility index (Phi) is 6.21. The van der Waals surface area contributed by atoms with E-state index in [1.54, 1.807) is 37.4 Å². The molecular formula is C22H24N2O3S. The van der Waals surface area contributed by atoms with Crippen LogP contribution in [0.3, 0.4) is 0 Å². The first kappa shape index (κ1) is 19.8. The van der Waals surface area contributed by atoms with E-state index in [9.17, 15) is 8.42 Å². The van der Waals surface area contributed by atoms with Crippen molar-refractivity contribution in [3.8, 4) is 5.75 Å². The maximum absolute atomic E-state index is 12.5. The van der Waals surface area contributed by atoms with Gasteiger partial charge < -0.3 is 10.1 Å². The number of benzene rings is 3. The molecule has 0 spiro atoms. The van der Waals surface area contributed by atoms with E-state index >= 15 is 0 Å². The standard InChI is InChI=1S/C22H24N2O3S/c1-17-6-5-8-21(16-17)28(25,26)24-20-12-10-19(11-13-20)23-15-14-18-7-3-4-9-22(18)27-2/h3-13,16,23-24H,14-15H2,1-2H3. The van der Waals surface area contributed by atoms with Gasteiger partial charge in [0.05, 0.1) is 12.0 Å². The largest absolute Gasteiger partial charge is 0.496 e. The lowest BCUT2D eigenvalue weighted by Gasteiger charge is -2.11. The summed E-state index contributed by atoms with van der Waals surface area (Å²) in [7, 11) is -1.92. The number of methoxy groups -OCH3 is 1. The van der Waals surface area contributed by atoms with Crippen LogP contribution in [0, 0.1) is 6.92 Å². The van der Waals surface area contributed by atoms with Crippen molar-refractivity contribution in [3.05, 3.63) is 83.9 Å². The van der Waals surface area contributed by atoms with Crippen LogP contribution in [0.15, 0.2) is 77.7 Å². The van der Waals surface area contributed by atoms with Crippen LogP contribution in [0.5, 0.6) is 5.75 Å². The predicted octanol–water partition coefficient (Wildman–Crippen LogP) is 4.46. The molecule has 6 heteroatoms. The Morgan fingerprint density at radius 1 is 0.893 bits per heavy atom. The molecule has 0 aliphatic carbocycles. The predicted molar refractivity (Wildman–Crippen MR) is 114 cm³/mol. The van der Waals surface area contributed by atoms with E-state index in [0.717, 1.165) is 35.5 Å². The Morgan fingerprint density at radius 3 is 2.32 bits per heavy atom. The van der Waals surface area contributed by atoms with Gasteiger partial charge in [0.1, 0.15) is 5.75 Å². The minimum atomic E-state index is -3.59. The van der Waals surface area contributed by atoms with Crippen molar-refractivity contribution in [1.29, 1.82) is 0 Å². The minimum Gasteiger partial charge on any atom is -0.496 e. The molecule has 0 atom stereocenters. The van der Waals surface area contributed by atoms with Gasteiger partial charge >= 0.3 is 0 Å². The molecule has 0 saturated heterocycles. The van der Waals surface area contributed by atoms with Crippen molar-refractivity contribution in [1.82, 2.24) is 0 Å². The summed E-state index contributed by atoms with van der Waals surface area (Å²) in [6.07, 6.45) is 0.825. The summed E-state index contributed by atoms with van der Waals surface area (Å²) in [6.45, 7) is 2.61. The van der Waals surface area contributed by atoms with Crippen molar-refractivity contribution in [2.24, 2.45) is 0 Å². The van der Waals surface area contributed by atoms with E-state index in [1.807, 2.05) is 49.4 Å². The molecule has 0 heterocycles. The number of hydrogen-bond donors (Lipinski definition) is 2. The topological polar surface area (TPSA) is 67.4 Å². The Balaban J connectivity index is 1.59. The Labute approximate surface area is 166 Å². The summed E-state index contributed by atoms with van der Waals surface area (Å²) < 4.78 is 33.0. The number of para-hydroxylation sites is 1. The zero-order chi connectivity index (χ0) is 20.0. The van der Waals surface area contributed by atoms with Gasteiger partial charge in [-0.1, -0.05) is 30.3 Å². The maximum atomic E-state index is 12.5. The van der Waals surface area contributed by atoms with Crippen molar-refractivity contribution < 1.29 is 13.2 Å². The SMILES string of the molecule is COc1ccccc1CCNc1ccc(NS(=O)(=O)c2cccc(C)c2)cc1. The third-order valence-corrected chi connectivity index (χ3v) is 5.73. The molecular weight excluding hydrogens is 372 g/mol. The van der Waals surface area contributed by atoms with Crippen molar-refractivity contribution in [2.75, 3.05) is 23.7 Å². The number of nitrogens with one attached hydrogen (secondary N) is 2. The van der Waals surface area contributed by atoms with Gasteiger partial charge in [-0.3, -0.25) is 4.72 Å². The zero-order valence-corrected chi connectivity index (χ0v) is 16.8. The summed E-state index contributed by atoms with van der Waals surface area (Å²) in [6, 6.07) is 22.0. The third kappa shape index (κ3) is 5.04. The number of aryl methyl sites for hydroxylation is 1. The van der Waals surface area contributed by atoms with Gasteiger partial charge in [-0.05, 0) is 66.9 Å². The van der Waals surface area contributed by atoms with Crippen LogP contribution >= 0.6 is 0 Å². The van der Waals surface area contributed by atoms with Crippen LogP contribution in [0.1, 0.15) is 11.1 Å². The number of rotatable bonds is 8. The fourth-order valence-corrected chi connectivity index (χ4v) is 4.07. The summed E-state index contributed by atoms with van der Waals surface area (Å²) >= 11 is 0. The smallest absolute Gasteiger partial charge is 0.261 e. The number of ether oxygens (including phenoxy) is 1. The molecule has 3 aromatic rings. The van der Waals surface area contributed by atoms with Crippen molar-refractivity contribution in [2.45, 2.75) is 18.2 Å². The molecule has 0 fully saturated rings. The van der Waals surface area contributed by atoms with Crippen LogP contribution in [0.2, 0.25) is 0 Å². The average molecular weight is 397 g/mol. The molecule has 0 unspecified atom stereocenters. The first-order chi connectivity index (χ1) is 13.5. The van der Waals surface area contributed by atoms with Crippen LogP contribution < -0.4 is 14.8 Å². The molecule has 0 amide bonds. The van der Waals surface area contributed by atoms with E-state index in [2.05, 4.69) is 10.0 Å². The lowest BCUT2D eigenvalue weighted by molar-refractivity contribution is 0.410. The number of sulfonamides is 1. The number of anilines is 2. The van der Waals surface area contributed by atoms with E-state index in [-0.39, 0.29) is 4.90 Å². The summed E-state index contributed by atoms with van der Waals surface area (Å²) in [5, 5.41) is 3.34. The zero-order valence-electron chi connectivity index (χ0n) is 16.0. The minimum absolute atomic E-state index is 0.256. The van der Waals surface area contributed by atoms with Crippen LogP contribution in [0.25, 0.3) is 0 Å². The van der Waals surface area contributed by atoms with Crippen LogP contribution in [-0.4, -0.2) is 22.1 Å². The summed E-state index contributed by atoms with van der Waals surface area (Å²) in [4.78, 5) is 0.256. The molecule has 3 rings (SSSR count). The highest BCUT2D eigenvalue weighted by Gasteiger charge is 2.14. The molecule has 0 aliphatic rings. The van der Waals surface area contributed by atoms with Crippen LogP contribution in [-0.2, 0) is 16.4 Å². The van der Waals surface area contributed by atoms with Gasteiger partial charge in [0.2, 0.25) is 0 Å². The van der Waals surface area contributed by atoms with Gasteiger partial charge in [-0.25, -0.2) is 8.42 Å². The molecule has 3 aromatic carbocycles. The molecule has 0 aromatic heterocycles. The molecule has 0 radical (unpaired) electrons. The van der Waals surface area contributed by atoms with Crippen LogP contribution in [0.4, 0.5) is 11.4 Å². The molecule has 0 bridgehead atoms. The molecule has 0 aliphatic heterocycles. The first-order valence-corrected chi connectivity index (χ1v) is 10.5. The van der Waals surface area contributed by atoms with E-state index in [4.69, 9.17) is 4.74 Å². The molecule has 28 heavy (non-hydrogen) atoms. The summed E-state index contributed by atoms with van der Waals surface area (Å²) in [5.41, 5.74) is 3.49. The van der Waals surface area contributed by atoms with E-state index in [1.165, 1.54) is 0 Å². The maximum Gasteiger partial charge on any atom is 0.261 e. The Bertz CT molecular complexity index is 1030. The monoisotopic (exact) mass is 396 g/mol.